The maximum absolute atomic E-state index is 15.0. The van der Waals surface area contributed by atoms with Gasteiger partial charge in [0.25, 0.3) is 0 Å². The number of anilines is 1. The van der Waals surface area contributed by atoms with Gasteiger partial charge in [-0.25, -0.2) is 22.2 Å². The summed E-state index contributed by atoms with van der Waals surface area (Å²) >= 11 is 0. The molecule has 0 bridgehead atoms. The van der Waals surface area contributed by atoms with Crippen LogP contribution in [0.2, 0.25) is 0 Å². The largest absolute Gasteiger partial charge is 0.650 e. The number of benzene rings is 2. The van der Waals surface area contributed by atoms with Crippen molar-refractivity contribution in [2.45, 2.75) is 64.4 Å². The van der Waals surface area contributed by atoms with Gasteiger partial charge in [0, 0.05) is 49.6 Å². The zero-order valence-corrected chi connectivity index (χ0v) is 30.9. The molecule has 2 saturated heterocycles. The first kappa shape index (κ1) is 35.9. The molecule has 2 amide bonds. The number of halogens is 1. The van der Waals surface area contributed by atoms with Gasteiger partial charge in [0.1, 0.15) is 27.5 Å². The molecule has 15 heteroatoms. The molecular formula is C28H35AcFN2O9PS-. The molecule has 2 heterocycles. The molecule has 43 heavy (non-hydrogen) atoms. The first-order valence-electron chi connectivity index (χ1n) is 13.5. The van der Waals surface area contributed by atoms with Crippen LogP contribution in [0, 0.1) is 63.7 Å². The van der Waals surface area contributed by atoms with Gasteiger partial charge in [-0.1, -0.05) is 32.5 Å². The Kier molecular flexibility index (Phi) is 11.6. The summed E-state index contributed by atoms with van der Waals surface area (Å²) in [5.74, 6) is -1.20. The summed E-state index contributed by atoms with van der Waals surface area (Å²) in [5.41, 5.74) is 1.70. The van der Waals surface area contributed by atoms with Crippen LogP contribution in [0.25, 0.3) is 5.32 Å². The number of phosphoric acid groups is 1. The summed E-state index contributed by atoms with van der Waals surface area (Å²) < 4.78 is 60.2. The fraction of sp³-hybridized carbons (Fsp3) is 0.500. The predicted octanol–water partition coefficient (Wildman–Crippen LogP) is 4.80. The fourth-order valence-corrected chi connectivity index (χ4v) is 7.66. The van der Waals surface area contributed by atoms with Gasteiger partial charge < -0.3 is 19.4 Å². The normalized spacial score (nSPS) is 19.0. The van der Waals surface area contributed by atoms with E-state index in [0.717, 1.165) is 5.56 Å². The standard InChI is InChI=1S/C28H36FN2O9PS.Ac/c1-17-11-18(2)26(24(12-17)40-41(34,35)36)28(3,4)14-25(32)30-15-21-16-31(27(33)39-21)20-5-6-22(23(29)13-20)19-7-9-42(37,38)10-8-19;/h5-6,11-13,19,21H,7-10,14-16H2,1-4H3,(H3,30,32,34,35,36);/p-1/t21-;/m0./s1. The predicted molar refractivity (Wildman–Crippen MR) is 154 cm³/mol. The molecule has 233 valence electrons. The molecular weight excluding hydrogens is 817 g/mol. The van der Waals surface area contributed by atoms with E-state index in [9.17, 15) is 36.7 Å². The summed E-state index contributed by atoms with van der Waals surface area (Å²) in [6.07, 6.45) is -0.854. The van der Waals surface area contributed by atoms with Crippen molar-refractivity contribution in [1.29, 1.82) is 0 Å². The van der Waals surface area contributed by atoms with Crippen LogP contribution >= 0.6 is 7.82 Å². The minimum atomic E-state index is -4.85. The van der Waals surface area contributed by atoms with Gasteiger partial charge in [0.15, 0.2) is 0 Å². The van der Waals surface area contributed by atoms with Crippen LogP contribution in [0.1, 0.15) is 61.3 Å². The van der Waals surface area contributed by atoms with E-state index in [4.69, 9.17) is 9.26 Å². The molecule has 0 unspecified atom stereocenters. The summed E-state index contributed by atoms with van der Waals surface area (Å²) in [6.45, 7) is 6.94. The third-order valence-electron chi connectivity index (χ3n) is 7.57. The minimum absolute atomic E-state index is 0. The Bertz CT molecular complexity index is 1530. The van der Waals surface area contributed by atoms with E-state index in [2.05, 4.69) is 5.32 Å². The van der Waals surface area contributed by atoms with Gasteiger partial charge in [-0.15, -0.1) is 0 Å². The van der Waals surface area contributed by atoms with E-state index in [1.807, 2.05) is 6.07 Å². The number of nitrogens with zero attached hydrogens (tertiary/aromatic N) is 2. The van der Waals surface area contributed by atoms with Gasteiger partial charge in [-0.3, -0.25) is 14.7 Å². The molecule has 11 nitrogen and oxygen atoms in total. The number of amides is 2. The second kappa shape index (κ2) is 13.8. The molecule has 2 aromatic carbocycles. The molecule has 0 aliphatic carbocycles. The SMILES string of the molecule is Cc1cc(C)c(C(C)(C)CC(=O)[N-]C[C@H]2CN(c3ccc(C4CCS(=O)(=O)CC4)c(F)c3)C(=O)O2)c(OP(=O)(O)O)c1.[Ac]. The Hall–Kier alpha value is -1.55. The van der Waals surface area contributed by atoms with Crippen molar-refractivity contribution >= 4 is 35.3 Å². The second-order valence-corrected chi connectivity index (χ2v) is 15.0. The number of aryl methyl sites for hydroxylation is 2. The number of cyclic esters (lactones) is 1. The summed E-state index contributed by atoms with van der Waals surface area (Å²) in [5, 5.41) is 4.08. The first-order chi connectivity index (χ1) is 19.4. The number of sulfone groups is 1. The molecule has 0 aromatic heterocycles. The van der Waals surface area contributed by atoms with E-state index < -0.39 is 47.0 Å². The topological polar surface area (TPSA) is 162 Å². The van der Waals surface area contributed by atoms with Crippen molar-refractivity contribution in [2.75, 3.05) is 29.5 Å². The number of carbonyl (C=O) groups excluding carboxylic acids is 2. The van der Waals surface area contributed by atoms with E-state index in [0.29, 0.717) is 29.5 Å². The smallest absolute Gasteiger partial charge is 0.524 e. The Balaban J connectivity index is 0.00000506. The van der Waals surface area contributed by atoms with Gasteiger partial charge in [0.05, 0.1) is 29.6 Å². The van der Waals surface area contributed by atoms with Crippen LogP contribution in [0.4, 0.5) is 14.9 Å². The van der Waals surface area contributed by atoms with Crippen molar-refractivity contribution in [3.05, 3.63) is 63.7 Å². The summed E-state index contributed by atoms with van der Waals surface area (Å²) in [6, 6.07) is 7.73. The second-order valence-electron chi connectivity index (χ2n) is 11.6. The Morgan fingerprint density at radius 1 is 1.19 bits per heavy atom. The van der Waals surface area contributed by atoms with Crippen LogP contribution in [-0.2, 0) is 29.3 Å². The van der Waals surface area contributed by atoms with E-state index in [-0.39, 0.29) is 92.4 Å². The monoisotopic (exact) mass is 852 g/mol. The molecule has 1 radical (unpaired) electrons. The Morgan fingerprint density at radius 2 is 1.84 bits per heavy atom. The quantitative estimate of drug-likeness (QED) is 0.338. The van der Waals surface area contributed by atoms with E-state index in [1.54, 1.807) is 39.8 Å². The van der Waals surface area contributed by atoms with Crippen LogP contribution in [0.3, 0.4) is 0 Å². The molecule has 2 aromatic rings. The summed E-state index contributed by atoms with van der Waals surface area (Å²) in [4.78, 5) is 45.4. The van der Waals surface area contributed by atoms with Crippen molar-refractivity contribution in [2.24, 2.45) is 0 Å². The number of carbonyl (C=O) groups is 2. The number of hydrogen-bond donors (Lipinski definition) is 2. The molecule has 2 aliphatic heterocycles. The number of ether oxygens (including phenoxy) is 1. The van der Waals surface area contributed by atoms with Crippen molar-refractivity contribution in [3.8, 4) is 5.75 Å². The van der Waals surface area contributed by atoms with Crippen molar-refractivity contribution in [1.82, 2.24) is 0 Å². The Labute approximate surface area is 286 Å². The molecule has 4 rings (SSSR count). The molecule has 0 spiro atoms. The van der Waals surface area contributed by atoms with Gasteiger partial charge >= 0.3 is 13.9 Å². The van der Waals surface area contributed by atoms with E-state index in [1.165, 1.54) is 17.0 Å². The van der Waals surface area contributed by atoms with Crippen LogP contribution in [0.5, 0.6) is 5.75 Å². The first-order valence-corrected chi connectivity index (χ1v) is 16.8. The fourth-order valence-electron chi connectivity index (χ4n) is 5.77. The molecule has 2 fully saturated rings. The van der Waals surface area contributed by atoms with Crippen molar-refractivity contribution < 1.29 is 90.1 Å². The van der Waals surface area contributed by atoms with Crippen LogP contribution < -0.4 is 9.42 Å². The van der Waals surface area contributed by atoms with E-state index >= 15 is 0 Å². The summed E-state index contributed by atoms with van der Waals surface area (Å²) in [7, 11) is -7.93. The maximum Gasteiger partial charge on any atom is 0.524 e. The van der Waals surface area contributed by atoms with Crippen molar-refractivity contribution in [3.63, 3.8) is 0 Å². The molecule has 2 N–H and O–H groups in total. The van der Waals surface area contributed by atoms with Gasteiger partial charge in [-0.2, -0.15) is 0 Å². The zero-order chi connectivity index (χ0) is 31.0. The van der Waals surface area contributed by atoms with Crippen LogP contribution in [-0.4, -0.2) is 60.9 Å². The van der Waals surface area contributed by atoms with Crippen LogP contribution in [0.15, 0.2) is 30.3 Å². The molecule has 2 aliphatic rings. The minimum Gasteiger partial charge on any atom is -0.650 e. The number of rotatable bonds is 9. The average molecular weight is 853 g/mol. The average Bonchev–Trinajstić information content (AvgIpc) is 3.21. The van der Waals surface area contributed by atoms with Gasteiger partial charge in [0.2, 0.25) is 0 Å². The third-order valence-corrected chi connectivity index (χ3v) is 9.72. The zero-order valence-electron chi connectivity index (χ0n) is 24.4. The number of phosphoric ester groups is 1. The molecule has 1 atom stereocenters. The maximum atomic E-state index is 15.0. The number of hydrogen-bond acceptors (Lipinski definition) is 7. The van der Waals surface area contributed by atoms with Gasteiger partial charge in [-0.05, 0) is 79.3 Å². The third kappa shape index (κ3) is 9.24. The Morgan fingerprint density at radius 3 is 2.44 bits per heavy atom. The molecule has 0 saturated carbocycles.